The van der Waals surface area contributed by atoms with E-state index in [4.69, 9.17) is 36.5 Å². The van der Waals surface area contributed by atoms with Crippen LogP contribution in [0.4, 0.5) is 0 Å². The highest BCUT2D eigenvalue weighted by molar-refractivity contribution is 8.13. The Labute approximate surface area is 149 Å². The highest BCUT2D eigenvalue weighted by Gasteiger charge is 2.44. The van der Waals surface area contributed by atoms with Crippen molar-refractivity contribution in [3.05, 3.63) is 58.6 Å². The van der Waals surface area contributed by atoms with Crippen molar-refractivity contribution in [3.63, 3.8) is 0 Å². The minimum absolute atomic E-state index is 0.151. The summed E-state index contributed by atoms with van der Waals surface area (Å²) in [5.74, 6) is -0.800. The lowest BCUT2D eigenvalue weighted by Crippen LogP contribution is -2.30. The van der Waals surface area contributed by atoms with Crippen molar-refractivity contribution in [1.82, 2.24) is 0 Å². The monoisotopic (exact) mass is 388 g/mol. The molecule has 0 aromatic heterocycles. The molecule has 0 spiro atoms. The molecule has 0 bridgehead atoms. The quantitative estimate of drug-likeness (QED) is 0.749. The Morgan fingerprint density at radius 3 is 2.46 bits per heavy atom. The molecule has 0 radical (unpaired) electrons. The molecule has 5 nitrogen and oxygen atoms in total. The fraction of sp³-hybridized carbons (Fsp3) is 0.250. The molecule has 2 aromatic rings. The molecule has 1 heterocycles. The molecular weight excluding hydrogens is 375 g/mol. The second-order valence-corrected chi connectivity index (χ2v) is 8.09. The summed E-state index contributed by atoms with van der Waals surface area (Å²) in [6, 6.07) is 11.4. The second-order valence-electron chi connectivity index (χ2n) is 5.12. The van der Waals surface area contributed by atoms with E-state index in [-0.39, 0.29) is 15.5 Å². The first kappa shape index (κ1) is 17.5. The molecule has 0 aliphatic carbocycles. The third kappa shape index (κ3) is 3.12. The van der Waals surface area contributed by atoms with E-state index in [1.165, 1.54) is 6.07 Å². The van der Waals surface area contributed by atoms with Crippen LogP contribution in [-0.2, 0) is 24.3 Å². The number of methoxy groups -OCH3 is 1. The van der Waals surface area contributed by atoms with Gasteiger partial charge < -0.3 is 14.2 Å². The van der Waals surface area contributed by atoms with Gasteiger partial charge in [0.25, 0.3) is 9.05 Å². The Hall–Kier alpha value is -1.31. The van der Waals surface area contributed by atoms with Gasteiger partial charge in [0.1, 0.15) is 5.75 Å². The molecule has 128 valence electrons. The molecule has 1 aliphatic rings. The maximum atomic E-state index is 12.0. The van der Waals surface area contributed by atoms with Crippen molar-refractivity contribution >= 4 is 31.3 Å². The Balaban J connectivity index is 2.27. The van der Waals surface area contributed by atoms with Crippen LogP contribution in [0.5, 0.6) is 5.75 Å². The van der Waals surface area contributed by atoms with Crippen LogP contribution in [0.1, 0.15) is 11.1 Å². The zero-order valence-electron chi connectivity index (χ0n) is 12.7. The molecule has 8 heteroatoms. The molecule has 1 aliphatic heterocycles. The summed E-state index contributed by atoms with van der Waals surface area (Å²) in [6.07, 6.45) is 0. The fourth-order valence-electron chi connectivity index (χ4n) is 2.69. The third-order valence-corrected chi connectivity index (χ3v) is 5.30. The van der Waals surface area contributed by atoms with Crippen LogP contribution in [0.3, 0.4) is 0 Å². The van der Waals surface area contributed by atoms with Gasteiger partial charge in [-0.2, -0.15) is 0 Å². The van der Waals surface area contributed by atoms with E-state index >= 15 is 0 Å². The lowest BCUT2D eigenvalue weighted by molar-refractivity contribution is -0.131. The maximum Gasteiger partial charge on any atom is 0.261 e. The van der Waals surface area contributed by atoms with Gasteiger partial charge in [0.2, 0.25) is 5.79 Å². The zero-order chi connectivity index (χ0) is 17.4. The topological polar surface area (TPSA) is 61.8 Å². The molecule has 1 fully saturated rings. The van der Waals surface area contributed by atoms with Crippen LogP contribution in [-0.4, -0.2) is 28.7 Å². The highest BCUT2D eigenvalue weighted by Crippen LogP contribution is 2.43. The van der Waals surface area contributed by atoms with Gasteiger partial charge in [-0.3, -0.25) is 0 Å². The van der Waals surface area contributed by atoms with Gasteiger partial charge in [0.05, 0.1) is 25.2 Å². The number of halogens is 2. The number of rotatable bonds is 4. The van der Waals surface area contributed by atoms with Crippen LogP contribution < -0.4 is 4.74 Å². The van der Waals surface area contributed by atoms with Crippen LogP contribution in [0, 0.1) is 0 Å². The minimum atomic E-state index is -4.06. The van der Waals surface area contributed by atoms with Gasteiger partial charge in [0.15, 0.2) is 0 Å². The van der Waals surface area contributed by atoms with Crippen LogP contribution >= 0.6 is 22.3 Å². The Kier molecular flexibility index (Phi) is 4.77. The Morgan fingerprint density at radius 1 is 1.12 bits per heavy atom. The van der Waals surface area contributed by atoms with Gasteiger partial charge >= 0.3 is 0 Å². The Morgan fingerprint density at radius 2 is 1.83 bits per heavy atom. The normalized spacial score (nSPS) is 17.0. The van der Waals surface area contributed by atoms with E-state index in [0.29, 0.717) is 24.5 Å². The largest absolute Gasteiger partial charge is 0.497 e. The number of hydrogen-bond donors (Lipinski definition) is 0. The summed E-state index contributed by atoms with van der Waals surface area (Å²) in [4.78, 5) is -0.151. The van der Waals surface area contributed by atoms with Crippen molar-refractivity contribution in [2.75, 3.05) is 20.3 Å². The van der Waals surface area contributed by atoms with Crippen molar-refractivity contribution in [2.24, 2.45) is 0 Å². The van der Waals surface area contributed by atoms with Gasteiger partial charge in [-0.15, -0.1) is 0 Å². The molecule has 0 amide bonds. The molecule has 2 aromatic carbocycles. The number of hydrogen-bond acceptors (Lipinski definition) is 5. The highest BCUT2D eigenvalue weighted by atomic mass is 35.7. The summed E-state index contributed by atoms with van der Waals surface area (Å²) in [5.41, 5.74) is 0.871. The Bertz CT molecular complexity index is 861. The smallest absolute Gasteiger partial charge is 0.261 e. The summed E-state index contributed by atoms with van der Waals surface area (Å²) >= 11 is 5.94. The first-order chi connectivity index (χ1) is 11.4. The average molecular weight is 389 g/mol. The lowest BCUT2D eigenvalue weighted by atomic mass is 9.97. The SMILES string of the molecule is COc1cccc(C2(c3ccc(Cl)cc3S(=O)(=O)Cl)OCCO2)c1. The van der Waals surface area contributed by atoms with Crippen LogP contribution in [0.2, 0.25) is 5.02 Å². The summed E-state index contributed by atoms with van der Waals surface area (Å²) in [5, 5.41) is 0.247. The third-order valence-electron chi connectivity index (χ3n) is 3.70. The van der Waals surface area contributed by atoms with Crippen molar-refractivity contribution in [3.8, 4) is 5.75 Å². The fourth-order valence-corrected chi connectivity index (χ4v) is 4.04. The molecule has 0 unspecified atom stereocenters. The van der Waals surface area contributed by atoms with E-state index in [9.17, 15) is 8.42 Å². The predicted molar refractivity (Wildman–Crippen MR) is 90.2 cm³/mol. The lowest BCUT2D eigenvalue weighted by Gasteiger charge is -2.30. The summed E-state index contributed by atoms with van der Waals surface area (Å²) in [6.45, 7) is 0.614. The first-order valence-corrected chi connectivity index (χ1v) is 9.73. The molecule has 24 heavy (non-hydrogen) atoms. The van der Waals surface area contributed by atoms with Crippen molar-refractivity contribution in [1.29, 1.82) is 0 Å². The standard InChI is InChI=1S/C16H14Cl2O5S/c1-21-13-4-2-3-11(9-13)16(22-7-8-23-16)14-6-5-12(17)10-15(14)24(18,19)20/h2-6,9-10H,7-8H2,1H3. The second kappa shape index (κ2) is 6.54. The predicted octanol–water partition coefficient (Wildman–Crippen LogP) is 3.52. The molecule has 1 saturated heterocycles. The molecule has 0 atom stereocenters. The molecule has 0 N–H and O–H groups in total. The number of ether oxygens (including phenoxy) is 3. The maximum absolute atomic E-state index is 12.0. The van der Waals surface area contributed by atoms with E-state index < -0.39 is 14.8 Å². The zero-order valence-corrected chi connectivity index (χ0v) is 15.0. The molecule has 3 rings (SSSR count). The van der Waals surface area contributed by atoms with E-state index in [1.807, 2.05) is 0 Å². The van der Waals surface area contributed by atoms with Gasteiger partial charge in [-0.05, 0) is 24.3 Å². The van der Waals surface area contributed by atoms with E-state index in [1.54, 1.807) is 43.5 Å². The average Bonchev–Trinajstić information content (AvgIpc) is 3.05. The summed E-state index contributed by atoms with van der Waals surface area (Å²) < 4.78 is 41.0. The van der Waals surface area contributed by atoms with Crippen molar-refractivity contribution < 1.29 is 22.6 Å². The van der Waals surface area contributed by atoms with Crippen LogP contribution in [0.15, 0.2) is 47.4 Å². The number of benzene rings is 2. The van der Waals surface area contributed by atoms with Crippen LogP contribution in [0.25, 0.3) is 0 Å². The van der Waals surface area contributed by atoms with Gasteiger partial charge in [-0.25, -0.2) is 8.42 Å². The molecule has 0 saturated carbocycles. The van der Waals surface area contributed by atoms with E-state index in [0.717, 1.165) is 0 Å². The minimum Gasteiger partial charge on any atom is -0.497 e. The summed E-state index contributed by atoms with van der Waals surface area (Å²) in [7, 11) is 3.08. The van der Waals surface area contributed by atoms with E-state index in [2.05, 4.69) is 0 Å². The van der Waals surface area contributed by atoms with Crippen molar-refractivity contribution in [2.45, 2.75) is 10.7 Å². The first-order valence-electron chi connectivity index (χ1n) is 7.04. The molecular formula is C16H14Cl2O5S. The van der Waals surface area contributed by atoms with Gasteiger partial charge in [0, 0.05) is 26.8 Å². The van der Waals surface area contributed by atoms with Gasteiger partial charge in [-0.1, -0.05) is 29.8 Å².